The van der Waals surface area contributed by atoms with Gasteiger partial charge in [-0.15, -0.1) is 0 Å². The van der Waals surface area contributed by atoms with Crippen molar-refractivity contribution >= 4 is 5.97 Å². The number of aliphatic carboxylic acids is 1. The van der Waals surface area contributed by atoms with Crippen LogP contribution in [0.2, 0.25) is 0 Å². The highest BCUT2D eigenvalue weighted by Crippen LogP contribution is 2.27. The van der Waals surface area contributed by atoms with E-state index in [1.807, 2.05) is 0 Å². The first-order valence-corrected chi connectivity index (χ1v) is 6.16. The monoisotopic (exact) mass is 293 g/mol. The number of rotatable bonds is 5. The van der Waals surface area contributed by atoms with E-state index in [9.17, 15) is 13.6 Å². The molecule has 0 radical (unpaired) electrons. The van der Waals surface area contributed by atoms with E-state index < -0.39 is 23.6 Å². The number of para-hydroxylation sites is 1. The molecule has 6 heteroatoms. The van der Waals surface area contributed by atoms with Crippen molar-refractivity contribution < 1.29 is 23.4 Å². The average Bonchev–Trinajstić information content (AvgIpc) is 2.45. The molecule has 2 rings (SSSR count). The Kier molecular flexibility index (Phi) is 4.49. The highest BCUT2D eigenvalue weighted by Gasteiger charge is 2.15. The molecule has 2 aromatic rings. The molecule has 0 aliphatic heterocycles. The molecular weight excluding hydrogens is 280 g/mol. The fraction of sp³-hybridized carbons (Fsp3) is 0.133. The Labute approximate surface area is 119 Å². The van der Waals surface area contributed by atoms with Crippen molar-refractivity contribution in [2.75, 3.05) is 0 Å². The largest absolute Gasteiger partial charge is 0.480 e. The Balaban J connectivity index is 2.23. The molecule has 3 N–H and O–H groups in total. The van der Waals surface area contributed by atoms with Crippen LogP contribution in [-0.4, -0.2) is 17.1 Å². The Hall–Kier alpha value is -2.47. The zero-order valence-corrected chi connectivity index (χ0v) is 10.9. The number of ether oxygens (including phenoxy) is 1. The lowest BCUT2D eigenvalue weighted by Gasteiger charge is -2.13. The van der Waals surface area contributed by atoms with Crippen LogP contribution in [0.3, 0.4) is 0 Å². The zero-order valence-electron chi connectivity index (χ0n) is 10.9. The minimum atomic E-state index is -1.13. The van der Waals surface area contributed by atoms with Gasteiger partial charge < -0.3 is 15.6 Å². The predicted molar refractivity (Wildman–Crippen MR) is 72.2 cm³/mol. The highest BCUT2D eigenvalue weighted by molar-refractivity contribution is 5.73. The summed E-state index contributed by atoms with van der Waals surface area (Å²) in [5.74, 6) is -2.65. The second kappa shape index (κ2) is 6.32. The number of carboxylic acids is 1. The van der Waals surface area contributed by atoms with Gasteiger partial charge in [-0.25, -0.2) is 8.78 Å². The fourth-order valence-corrected chi connectivity index (χ4v) is 1.76. The molecule has 4 nitrogen and oxygen atoms in total. The standard InChI is InChI=1S/C15H13F2NO3/c16-11-6-5-10(8-12(11)17)21-14-4-2-1-3-9(14)7-13(18)15(19)20/h1-6,8,13H,7,18H2,(H,19,20). The van der Waals surface area contributed by atoms with Crippen LogP contribution in [0.15, 0.2) is 42.5 Å². The first kappa shape index (κ1) is 14.9. The van der Waals surface area contributed by atoms with Gasteiger partial charge in [0.25, 0.3) is 0 Å². The Morgan fingerprint density at radius 2 is 1.90 bits per heavy atom. The van der Waals surface area contributed by atoms with E-state index >= 15 is 0 Å². The summed E-state index contributed by atoms with van der Waals surface area (Å²) in [6.45, 7) is 0. The lowest BCUT2D eigenvalue weighted by Crippen LogP contribution is -2.32. The molecule has 0 amide bonds. The molecule has 21 heavy (non-hydrogen) atoms. The number of hydrogen-bond donors (Lipinski definition) is 2. The van der Waals surface area contributed by atoms with Crippen LogP contribution in [0, 0.1) is 11.6 Å². The molecule has 1 atom stereocenters. The van der Waals surface area contributed by atoms with Gasteiger partial charge >= 0.3 is 5.97 Å². The van der Waals surface area contributed by atoms with E-state index in [4.69, 9.17) is 15.6 Å². The average molecular weight is 293 g/mol. The molecule has 0 fully saturated rings. The second-order valence-corrected chi connectivity index (χ2v) is 4.43. The predicted octanol–water partition coefficient (Wildman–Crippen LogP) is 2.71. The van der Waals surface area contributed by atoms with Crippen molar-refractivity contribution in [3.63, 3.8) is 0 Å². The molecule has 0 aromatic heterocycles. The molecule has 0 aliphatic carbocycles. The van der Waals surface area contributed by atoms with Gasteiger partial charge in [-0.1, -0.05) is 18.2 Å². The number of benzene rings is 2. The van der Waals surface area contributed by atoms with Crippen LogP contribution < -0.4 is 10.5 Å². The minimum absolute atomic E-state index is 0.0647. The van der Waals surface area contributed by atoms with E-state index in [0.29, 0.717) is 11.3 Å². The number of carboxylic acid groups (broad SMARTS) is 1. The van der Waals surface area contributed by atoms with Crippen LogP contribution in [-0.2, 0) is 11.2 Å². The van der Waals surface area contributed by atoms with Crippen LogP contribution >= 0.6 is 0 Å². The summed E-state index contributed by atoms with van der Waals surface area (Å²) in [7, 11) is 0. The molecule has 0 heterocycles. The van der Waals surface area contributed by atoms with E-state index in [0.717, 1.165) is 12.1 Å². The van der Waals surface area contributed by atoms with E-state index in [1.165, 1.54) is 6.07 Å². The third-order valence-corrected chi connectivity index (χ3v) is 2.85. The first-order valence-electron chi connectivity index (χ1n) is 6.16. The first-order chi connectivity index (χ1) is 9.97. The summed E-state index contributed by atoms with van der Waals surface area (Å²) in [6, 6.07) is 8.75. The van der Waals surface area contributed by atoms with Crippen molar-refractivity contribution in [1.29, 1.82) is 0 Å². The Morgan fingerprint density at radius 1 is 1.19 bits per heavy atom. The van der Waals surface area contributed by atoms with E-state index in [1.54, 1.807) is 24.3 Å². The van der Waals surface area contributed by atoms with Crippen LogP contribution in [0.4, 0.5) is 8.78 Å². The van der Waals surface area contributed by atoms with Crippen LogP contribution in [0.5, 0.6) is 11.5 Å². The third-order valence-electron chi connectivity index (χ3n) is 2.85. The molecule has 0 saturated heterocycles. The summed E-state index contributed by atoms with van der Waals surface area (Å²) >= 11 is 0. The number of nitrogens with two attached hydrogens (primary N) is 1. The Bertz CT molecular complexity index is 661. The van der Waals surface area contributed by atoms with Gasteiger partial charge in [0.05, 0.1) is 0 Å². The van der Waals surface area contributed by atoms with E-state index in [2.05, 4.69) is 0 Å². The summed E-state index contributed by atoms with van der Waals surface area (Å²) in [4.78, 5) is 10.8. The van der Waals surface area contributed by atoms with Gasteiger partial charge in [0.15, 0.2) is 11.6 Å². The zero-order chi connectivity index (χ0) is 15.4. The second-order valence-electron chi connectivity index (χ2n) is 4.43. The minimum Gasteiger partial charge on any atom is -0.480 e. The lowest BCUT2D eigenvalue weighted by molar-refractivity contribution is -0.138. The van der Waals surface area contributed by atoms with Gasteiger partial charge in [0.2, 0.25) is 0 Å². The van der Waals surface area contributed by atoms with Crippen molar-refractivity contribution in [2.45, 2.75) is 12.5 Å². The molecule has 0 spiro atoms. The SMILES string of the molecule is NC(Cc1ccccc1Oc1ccc(F)c(F)c1)C(=O)O. The fourth-order valence-electron chi connectivity index (χ4n) is 1.76. The lowest BCUT2D eigenvalue weighted by atomic mass is 10.1. The maximum Gasteiger partial charge on any atom is 0.320 e. The van der Waals surface area contributed by atoms with Crippen molar-refractivity contribution in [1.82, 2.24) is 0 Å². The number of halogens is 2. The van der Waals surface area contributed by atoms with Crippen LogP contribution in [0.25, 0.3) is 0 Å². The molecule has 2 aromatic carbocycles. The molecular formula is C15H13F2NO3. The van der Waals surface area contributed by atoms with Gasteiger partial charge in [-0.05, 0) is 23.8 Å². The smallest absolute Gasteiger partial charge is 0.320 e. The summed E-state index contributed by atoms with van der Waals surface area (Å²) < 4.78 is 31.5. The van der Waals surface area contributed by atoms with Gasteiger partial charge in [0, 0.05) is 12.5 Å². The molecule has 0 aliphatic rings. The quantitative estimate of drug-likeness (QED) is 0.889. The number of carbonyl (C=O) groups is 1. The summed E-state index contributed by atoms with van der Waals surface area (Å²) in [5.41, 5.74) is 6.06. The maximum atomic E-state index is 13.1. The van der Waals surface area contributed by atoms with Crippen molar-refractivity contribution in [2.24, 2.45) is 5.73 Å². The molecule has 0 bridgehead atoms. The van der Waals surface area contributed by atoms with Gasteiger partial charge in [0.1, 0.15) is 17.5 Å². The highest BCUT2D eigenvalue weighted by atomic mass is 19.2. The van der Waals surface area contributed by atoms with Crippen LogP contribution in [0.1, 0.15) is 5.56 Å². The summed E-state index contributed by atoms with van der Waals surface area (Å²) in [5, 5.41) is 8.83. The van der Waals surface area contributed by atoms with E-state index in [-0.39, 0.29) is 12.2 Å². The Morgan fingerprint density at radius 3 is 2.57 bits per heavy atom. The third kappa shape index (κ3) is 3.76. The molecule has 110 valence electrons. The van der Waals surface area contributed by atoms with Crippen molar-refractivity contribution in [3.05, 3.63) is 59.7 Å². The molecule has 0 saturated carbocycles. The summed E-state index contributed by atoms with van der Waals surface area (Å²) in [6.07, 6.45) is 0.0647. The maximum absolute atomic E-state index is 13.1. The van der Waals surface area contributed by atoms with Crippen molar-refractivity contribution in [3.8, 4) is 11.5 Å². The van der Waals surface area contributed by atoms with Gasteiger partial charge in [-0.3, -0.25) is 4.79 Å². The normalized spacial score (nSPS) is 12.0. The van der Waals surface area contributed by atoms with Gasteiger partial charge in [-0.2, -0.15) is 0 Å². The topological polar surface area (TPSA) is 72.5 Å². The number of hydrogen-bond acceptors (Lipinski definition) is 3. The molecule has 1 unspecified atom stereocenters.